The van der Waals surface area contributed by atoms with Gasteiger partial charge < -0.3 is 15.5 Å². The number of hydrogen-bond donors (Lipinski definition) is 2. The summed E-state index contributed by atoms with van der Waals surface area (Å²) in [5, 5.41) is 0. The Morgan fingerprint density at radius 1 is 1.28 bits per heavy atom. The Labute approximate surface area is 107 Å². The van der Waals surface area contributed by atoms with Gasteiger partial charge in [-0.25, -0.2) is 4.98 Å². The van der Waals surface area contributed by atoms with Gasteiger partial charge in [-0.1, -0.05) is 13.8 Å². The van der Waals surface area contributed by atoms with Crippen molar-refractivity contribution in [3.63, 3.8) is 0 Å². The predicted octanol–water partition coefficient (Wildman–Crippen LogP) is 2.32. The Bertz CT molecular complexity index is 514. The summed E-state index contributed by atoms with van der Waals surface area (Å²) in [7, 11) is 1.66. The lowest BCUT2D eigenvalue weighted by Gasteiger charge is -2.18. The maximum Gasteiger partial charge on any atom is 0.118 e. The summed E-state index contributed by atoms with van der Waals surface area (Å²) in [5.41, 5.74) is 7.69. The summed E-state index contributed by atoms with van der Waals surface area (Å²) in [5.74, 6) is 1.76. The van der Waals surface area contributed by atoms with E-state index >= 15 is 0 Å². The van der Waals surface area contributed by atoms with Crippen molar-refractivity contribution in [2.24, 2.45) is 5.73 Å². The van der Waals surface area contributed by atoms with Crippen molar-refractivity contribution in [3.8, 4) is 17.0 Å². The van der Waals surface area contributed by atoms with Crippen molar-refractivity contribution in [3.05, 3.63) is 36.3 Å². The van der Waals surface area contributed by atoms with Gasteiger partial charge >= 0.3 is 0 Å². The molecule has 0 atom stereocenters. The predicted molar refractivity (Wildman–Crippen MR) is 72.7 cm³/mol. The number of imidazole rings is 1. The van der Waals surface area contributed by atoms with E-state index in [0.29, 0.717) is 6.54 Å². The first-order chi connectivity index (χ1) is 8.56. The number of H-pyrrole nitrogens is 1. The second-order valence-electron chi connectivity index (χ2n) is 4.96. The zero-order valence-corrected chi connectivity index (χ0v) is 11.0. The van der Waals surface area contributed by atoms with Crippen LogP contribution in [0.25, 0.3) is 11.3 Å². The highest BCUT2D eigenvalue weighted by Gasteiger charge is 2.22. The van der Waals surface area contributed by atoms with Crippen molar-refractivity contribution >= 4 is 0 Å². The molecule has 0 aliphatic heterocycles. The van der Waals surface area contributed by atoms with Crippen LogP contribution >= 0.6 is 0 Å². The molecule has 0 aliphatic carbocycles. The molecule has 0 spiro atoms. The van der Waals surface area contributed by atoms with E-state index in [-0.39, 0.29) is 5.41 Å². The molecule has 0 amide bonds. The maximum absolute atomic E-state index is 5.75. The number of methoxy groups -OCH3 is 1. The molecule has 0 unspecified atom stereocenters. The second-order valence-corrected chi connectivity index (χ2v) is 4.96. The summed E-state index contributed by atoms with van der Waals surface area (Å²) in [6.45, 7) is 4.70. The summed E-state index contributed by atoms with van der Waals surface area (Å²) in [6.07, 6.45) is 1.84. The molecule has 1 aromatic heterocycles. The van der Waals surface area contributed by atoms with Crippen LogP contribution in [0.2, 0.25) is 0 Å². The van der Waals surface area contributed by atoms with E-state index in [1.807, 2.05) is 30.5 Å². The average Bonchev–Trinajstić information content (AvgIpc) is 2.89. The number of rotatable bonds is 4. The number of benzene rings is 1. The molecule has 18 heavy (non-hydrogen) atoms. The zero-order valence-electron chi connectivity index (χ0n) is 11.0. The van der Waals surface area contributed by atoms with Gasteiger partial charge in [0.1, 0.15) is 11.6 Å². The van der Waals surface area contributed by atoms with Crippen molar-refractivity contribution in [2.45, 2.75) is 19.3 Å². The van der Waals surface area contributed by atoms with Gasteiger partial charge in [0, 0.05) is 12.0 Å². The van der Waals surface area contributed by atoms with E-state index in [4.69, 9.17) is 10.5 Å². The van der Waals surface area contributed by atoms with Gasteiger partial charge in [0.05, 0.1) is 19.0 Å². The zero-order chi connectivity index (χ0) is 13.2. The van der Waals surface area contributed by atoms with Gasteiger partial charge in [0.15, 0.2) is 0 Å². The van der Waals surface area contributed by atoms with Crippen LogP contribution in [-0.4, -0.2) is 23.6 Å². The Morgan fingerprint density at radius 3 is 2.50 bits per heavy atom. The number of ether oxygens (including phenoxy) is 1. The monoisotopic (exact) mass is 245 g/mol. The van der Waals surface area contributed by atoms with Crippen LogP contribution in [0, 0.1) is 0 Å². The van der Waals surface area contributed by atoms with Crippen LogP contribution in [0.3, 0.4) is 0 Å². The molecule has 0 saturated carbocycles. The molecule has 1 aromatic carbocycles. The van der Waals surface area contributed by atoms with Gasteiger partial charge in [-0.2, -0.15) is 0 Å². The highest BCUT2D eigenvalue weighted by atomic mass is 16.5. The fourth-order valence-electron chi connectivity index (χ4n) is 1.68. The highest BCUT2D eigenvalue weighted by Crippen LogP contribution is 2.24. The Hall–Kier alpha value is -1.81. The van der Waals surface area contributed by atoms with Crippen LogP contribution < -0.4 is 10.5 Å². The van der Waals surface area contributed by atoms with Gasteiger partial charge in [-0.3, -0.25) is 0 Å². The first-order valence-corrected chi connectivity index (χ1v) is 5.97. The van der Waals surface area contributed by atoms with Crippen LogP contribution in [0.1, 0.15) is 19.7 Å². The number of aromatic nitrogens is 2. The van der Waals surface area contributed by atoms with Crippen molar-refractivity contribution in [1.29, 1.82) is 0 Å². The standard InChI is InChI=1S/C14H19N3O/c1-14(2,9-15)13-16-8-12(17-13)10-4-6-11(18-3)7-5-10/h4-8H,9,15H2,1-3H3,(H,16,17). The van der Waals surface area contributed by atoms with Crippen LogP contribution in [-0.2, 0) is 5.41 Å². The maximum atomic E-state index is 5.75. The third-order valence-electron chi connectivity index (χ3n) is 3.13. The van der Waals surface area contributed by atoms with Gasteiger partial charge in [0.25, 0.3) is 0 Å². The molecule has 0 saturated heterocycles. The minimum atomic E-state index is -0.134. The van der Waals surface area contributed by atoms with Crippen molar-refractivity contribution in [1.82, 2.24) is 9.97 Å². The van der Waals surface area contributed by atoms with E-state index in [9.17, 15) is 0 Å². The molecule has 2 aromatic rings. The third-order valence-corrected chi connectivity index (χ3v) is 3.13. The second kappa shape index (κ2) is 4.82. The topological polar surface area (TPSA) is 63.9 Å². The SMILES string of the molecule is COc1ccc(-c2cnc(C(C)(C)CN)[nH]2)cc1. The summed E-state index contributed by atoms with van der Waals surface area (Å²) < 4.78 is 5.14. The molecule has 4 nitrogen and oxygen atoms in total. The lowest BCUT2D eigenvalue weighted by Crippen LogP contribution is -2.29. The molecule has 1 heterocycles. The quantitative estimate of drug-likeness (QED) is 0.868. The fourth-order valence-corrected chi connectivity index (χ4v) is 1.68. The highest BCUT2D eigenvalue weighted by molar-refractivity contribution is 5.59. The minimum absolute atomic E-state index is 0.134. The fraction of sp³-hybridized carbons (Fsp3) is 0.357. The molecule has 4 heteroatoms. The molecular weight excluding hydrogens is 226 g/mol. The molecule has 0 bridgehead atoms. The molecule has 0 radical (unpaired) electrons. The Morgan fingerprint density at radius 2 is 1.94 bits per heavy atom. The lowest BCUT2D eigenvalue weighted by atomic mass is 9.93. The lowest BCUT2D eigenvalue weighted by molar-refractivity contribution is 0.415. The smallest absolute Gasteiger partial charge is 0.118 e. The van der Waals surface area contributed by atoms with Crippen LogP contribution in [0.15, 0.2) is 30.5 Å². The first-order valence-electron chi connectivity index (χ1n) is 5.97. The summed E-state index contributed by atoms with van der Waals surface area (Å²) in [6, 6.07) is 7.88. The largest absolute Gasteiger partial charge is 0.497 e. The molecular formula is C14H19N3O. The minimum Gasteiger partial charge on any atom is -0.497 e. The Balaban J connectivity index is 2.29. The van der Waals surface area contributed by atoms with Crippen molar-refractivity contribution in [2.75, 3.05) is 13.7 Å². The van der Waals surface area contributed by atoms with Crippen LogP contribution in [0.5, 0.6) is 5.75 Å². The van der Waals surface area contributed by atoms with E-state index in [0.717, 1.165) is 22.8 Å². The van der Waals surface area contributed by atoms with Crippen LogP contribution in [0.4, 0.5) is 0 Å². The normalized spacial score (nSPS) is 11.6. The van der Waals surface area contributed by atoms with E-state index < -0.39 is 0 Å². The molecule has 0 fully saturated rings. The first kappa shape index (κ1) is 12.6. The molecule has 0 aliphatic rings. The number of nitrogens with two attached hydrogens (primary N) is 1. The summed E-state index contributed by atoms with van der Waals surface area (Å²) in [4.78, 5) is 7.74. The van der Waals surface area contributed by atoms with E-state index in [2.05, 4.69) is 23.8 Å². The molecule has 2 rings (SSSR count). The van der Waals surface area contributed by atoms with Gasteiger partial charge in [-0.05, 0) is 29.8 Å². The average molecular weight is 245 g/mol. The summed E-state index contributed by atoms with van der Waals surface area (Å²) >= 11 is 0. The number of aromatic amines is 1. The molecule has 3 N–H and O–H groups in total. The van der Waals surface area contributed by atoms with E-state index in [1.54, 1.807) is 7.11 Å². The Kier molecular flexibility index (Phi) is 3.39. The van der Waals surface area contributed by atoms with Gasteiger partial charge in [-0.15, -0.1) is 0 Å². The molecule has 96 valence electrons. The number of hydrogen-bond acceptors (Lipinski definition) is 3. The third kappa shape index (κ3) is 2.38. The van der Waals surface area contributed by atoms with Gasteiger partial charge in [0.2, 0.25) is 0 Å². The number of nitrogens with zero attached hydrogens (tertiary/aromatic N) is 1. The van der Waals surface area contributed by atoms with Crippen molar-refractivity contribution < 1.29 is 4.74 Å². The van der Waals surface area contributed by atoms with E-state index in [1.165, 1.54) is 0 Å². The number of nitrogens with one attached hydrogen (secondary N) is 1.